The van der Waals surface area contributed by atoms with Crippen LogP contribution in [0.15, 0.2) is 0 Å². The maximum atomic E-state index is 10.1. The van der Waals surface area contributed by atoms with E-state index in [2.05, 4.69) is 0 Å². The zero-order chi connectivity index (χ0) is 8.15. The topological polar surface area (TPSA) is 57.5 Å². The molecule has 0 saturated carbocycles. The van der Waals surface area contributed by atoms with Gasteiger partial charge >= 0.3 is 5.97 Å². The maximum Gasteiger partial charge on any atom is 0.321 e. The number of halogens is 1. The van der Waals surface area contributed by atoms with Gasteiger partial charge in [-0.2, -0.15) is 0 Å². The fourth-order valence-corrected chi connectivity index (χ4v) is 0.712. The molecule has 0 bridgehead atoms. The molecule has 10 heavy (non-hydrogen) atoms. The van der Waals surface area contributed by atoms with Crippen molar-refractivity contribution in [3.8, 4) is 0 Å². The molecule has 0 aliphatic carbocycles. The highest BCUT2D eigenvalue weighted by Gasteiger charge is 2.16. The molecule has 0 aliphatic rings. The SMILES string of the molecule is CCC(O)CC(Cl)C(=O)O. The van der Waals surface area contributed by atoms with Gasteiger partial charge in [0.1, 0.15) is 5.38 Å². The first-order valence-corrected chi connectivity index (χ1v) is 3.56. The van der Waals surface area contributed by atoms with Crippen molar-refractivity contribution in [2.24, 2.45) is 0 Å². The van der Waals surface area contributed by atoms with Crippen molar-refractivity contribution in [1.29, 1.82) is 0 Å². The summed E-state index contributed by atoms with van der Waals surface area (Å²) in [4.78, 5) is 10.1. The van der Waals surface area contributed by atoms with Crippen LogP contribution in [0.2, 0.25) is 0 Å². The lowest BCUT2D eigenvalue weighted by atomic mass is 10.1. The number of aliphatic hydroxyl groups is 1. The Morgan fingerprint density at radius 2 is 2.20 bits per heavy atom. The number of aliphatic carboxylic acids is 1. The zero-order valence-corrected chi connectivity index (χ0v) is 6.51. The number of hydrogen-bond acceptors (Lipinski definition) is 2. The van der Waals surface area contributed by atoms with E-state index in [1.54, 1.807) is 6.92 Å². The van der Waals surface area contributed by atoms with Gasteiger partial charge in [0.25, 0.3) is 0 Å². The third-order valence-electron chi connectivity index (χ3n) is 1.22. The van der Waals surface area contributed by atoms with Crippen LogP contribution in [0.4, 0.5) is 0 Å². The molecule has 3 nitrogen and oxygen atoms in total. The standard InChI is InChI=1S/C6H11ClO3/c1-2-4(8)3-5(7)6(9)10/h4-5,8H,2-3H2,1H3,(H,9,10). The minimum Gasteiger partial charge on any atom is -0.480 e. The number of carbonyl (C=O) groups is 1. The molecular formula is C6H11ClO3. The summed E-state index contributed by atoms with van der Waals surface area (Å²) in [5, 5.41) is 16.2. The third-order valence-corrected chi connectivity index (χ3v) is 1.58. The molecule has 2 N–H and O–H groups in total. The molecule has 0 aromatic carbocycles. The smallest absolute Gasteiger partial charge is 0.321 e. The molecule has 0 rings (SSSR count). The molecule has 4 heteroatoms. The van der Waals surface area contributed by atoms with E-state index in [1.165, 1.54) is 0 Å². The largest absolute Gasteiger partial charge is 0.480 e. The number of carboxylic acids is 1. The molecule has 0 fully saturated rings. The van der Waals surface area contributed by atoms with Crippen LogP contribution in [0.3, 0.4) is 0 Å². The first-order valence-electron chi connectivity index (χ1n) is 3.12. The molecule has 2 unspecified atom stereocenters. The molecule has 2 atom stereocenters. The van der Waals surface area contributed by atoms with E-state index in [-0.39, 0.29) is 6.42 Å². The summed E-state index contributed by atoms with van der Waals surface area (Å²) in [6.07, 6.45) is 0.0581. The second-order valence-electron chi connectivity index (χ2n) is 2.10. The second kappa shape index (κ2) is 4.52. The van der Waals surface area contributed by atoms with Crippen LogP contribution in [0.25, 0.3) is 0 Å². The monoisotopic (exact) mass is 166 g/mol. The van der Waals surface area contributed by atoms with Gasteiger partial charge in [-0.05, 0) is 6.42 Å². The van der Waals surface area contributed by atoms with Gasteiger partial charge in [-0.15, -0.1) is 11.6 Å². The van der Waals surface area contributed by atoms with Crippen LogP contribution in [-0.2, 0) is 4.79 Å². The maximum absolute atomic E-state index is 10.1. The van der Waals surface area contributed by atoms with Gasteiger partial charge in [-0.25, -0.2) is 0 Å². The highest BCUT2D eigenvalue weighted by Crippen LogP contribution is 2.07. The van der Waals surface area contributed by atoms with Crippen molar-refractivity contribution in [1.82, 2.24) is 0 Å². The van der Waals surface area contributed by atoms with Crippen LogP contribution in [0.1, 0.15) is 19.8 Å². The first-order chi connectivity index (χ1) is 4.57. The van der Waals surface area contributed by atoms with Crippen LogP contribution in [0.5, 0.6) is 0 Å². The zero-order valence-electron chi connectivity index (χ0n) is 5.75. The van der Waals surface area contributed by atoms with E-state index in [9.17, 15) is 4.79 Å². The molecule has 0 aliphatic heterocycles. The van der Waals surface area contributed by atoms with Crippen LogP contribution in [-0.4, -0.2) is 27.7 Å². The molecule has 0 saturated heterocycles. The minimum absolute atomic E-state index is 0.118. The third kappa shape index (κ3) is 3.69. The van der Waals surface area contributed by atoms with E-state index in [4.69, 9.17) is 21.8 Å². The van der Waals surface area contributed by atoms with Gasteiger partial charge in [0.2, 0.25) is 0 Å². The Hall–Kier alpha value is -0.280. The number of carboxylic acid groups (broad SMARTS) is 1. The van der Waals surface area contributed by atoms with Gasteiger partial charge in [0, 0.05) is 6.42 Å². The Labute approximate surface area is 64.6 Å². The minimum atomic E-state index is -1.07. The molecular weight excluding hydrogens is 156 g/mol. The van der Waals surface area contributed by atoms with Gasteiger partial charge in [0.15, 0.2) is 0 Å². The van der Waals surface area contributed by atoms with E-state index >= 15 is 0 Å². The van der Waals surface area contributed by atoms with E-state index in [0.29, 0.717) is 6.42 Å². The van der Waals surface area contributed by atoms with Crippen molar-refractivity contribution in [2.45, 2.75) is 31.2 Å². The summed E-state index contributed by atoms with van der Waals surface area (Å²) < 4.78 is 0. The predicted octanol–water partition coefficient (Wildman–Crippen LogP) is 0.839. The van der Waals surface area contributed by atoms with Crippen LogP contribution >= 0.6 is 11.6 Å². The Balaban J connectivity index is 3.56. The lowest BCUT2D eigenvalue weighted by Crippen LogP contribution is -2.20. The quantitative estimate of drug-likeness (QED) is 0.609. The summed E-state index contributed by atoms with van der Waals surface area (Å²) in [7, 11) is 0. The Morgan fingerprint density at radius 3 is 2.50 bits per heavy atom. The average molecular weight is 167 g/mol. The molecule has 0 aromatic heterocycles. The van der Waals surface area contributed by atoms with Gasteiger partial charge in [-0.3, -0.25) is 4.79 Å². The van der Waals surface area contributed by atoms with Crippen molar-refractivity contribution >= 4 is 17.6 Å². The normalized spacial score (nSPS) is 16.3. The van der Waals surface area contributed by atoms with Gasteiger partial charge < -0.3 is 10.2 Å². The van der Waals surface area contributed by atoms with Gasteiger partial charge in [-0.1, -0.05) is 6.92 Å². The first kappa shape index (κ1) is 9.72. The Morgan fingerprint density at radius 1 is 1.70 bits per heavy atom. The molecule has 0 amide bonds. The van der Waals surface area contributed by atoms with Crippen molar-refractivity contribution in [3.63, 3.8) is 0 Å². The highest BCUT2D eigenvalue weighted by molar-refractivity contribution is 6.29. The van der Waals surface area contributed by atoms with Gasteiger partial charge in [0.05, 0.1) is 6.10 Å². The summed E-state index contributed by atoms with van der Waals surface area (Å²) in [6, 6.07) is 0. The summed E-state index contributed by atoms with van der Waals surface area (Å²) >= 11 is 5.33. The fraction of sp³-hybridized carbons (Fsp3) is 0.833. The summed E-state index contributed by atoms with van der Waals surface area (Å²) in [5.41, 5.74) is 0. The lowest BCUT2D eigenvalue weighted by Gasteiger charge is -2.08. The van der Waals surface area contributed by atoms with Crippen molar-refractivity contribution in [2.75, 3.05) is 0 Å². The molecule has 0 spiro atoms. The average Bonchev–Trinajstić information content (AvgIpc) is 1.87. The Bertz CT molecular complexity index is 116. The molecule has 0 aromatic rings. The highest BCUT2D eigenvalue weighted by atomic mass is 35.5. The number of rotatable bonds is 4. The van der Waals surface area contributed by atoms with Crippen LogP contribution in [0, 0.1) is 0 Å². The van der Waals surface area contributed by atoms with Crippen molar-refractivity contribution in [3.05, 3.63) is 0 Å². The number of alkyl halides is 1. The van der Waals surface area contributed by atoms with E-state index < -0.39 is 17.5 Å². The number of aliphatic hydroxyl groups excluding tert-OH is 1. The van der Waals surface area contributed by atoms with Crippen molar-refractivity contribution < 1.29 is 15.0 Å². The molecule has 60 valence electrons. The summed E-state index contributed by atoms with van der Waals surface area (Å²) in [5.74, 6) is -1.07. The van der Waals surface area contributed by atoms with E-state index in [1.807, 2.05) is 0 Å². The molecule has 0 radical (unpaired) electrons. The predicted molar refractivity (Wildman–Crippen MR) is 38.2 cm³/mol. The molecule has 0 heterocycles. The number of hydrogen-bond donors (Lipinski definition) is 2. The second-order valence-corrected chi connectivity index (χ2v) is 2.63. The van der Waals surface area contributed by atoms with E-state index in [0.717, 1.165) is 0 Å². The lowest BCUT2D eigenvalue weighted by molar-refractivity contribution is -0.137. The summed E-state index contributed by atoms with van der Waals surface area (Å²) in [6.45, 7) is 1.77. The van der Waals surface area contributed by atoms with Crippen LogP contribution < -0.4 is 0 Å². The Kier molecular flexibility index (Phi) is 4.40. The fourth-order valence-electron chi connectivity index (χ4n) is 0.506.